The van der Waals surface area contributed by atoms with Crippen LogP contribution in [-0.2, 0) is 6.42 Å². The first-order valence-electron chi connectivity index (χ1n) is 11.3. The van der Waals surface area contributed by atoms with Crippen LogP contribution in [0, 0.1) is 17.6 Å². The van der Waals surface area contributed by atoms with Crippen LogP contribution < -0.4 is 4.74 Å². The summed E-state index contributed by atoms with van der Waals surface area (Å²) in [7, 11) is 0. The number of rotatable bonds is 8. The molecule has 162 valence electrons. The van der Waals surface area contributed by atoms with E-state index in [-0.39, 0.29) is 5.75 Å². The Balaban J connectivity index is 1.62. The molecular weight excluding hydrogens is 382 g/mol. The second kappa shape index (κ2) is 10.7. The van der Waals surface area contributed by atoms with Crippen LogP contribution >= 0.6 is 0 Å². The largest absolute Gasteiger partial charge is 0.420 e. The summed E-state index contributed by atoms with van der Waals surface area (Å²) in [6.07, 6.45) is 9.37. The summed E-state index contributed by atoms with van der Waals surface area (Å²) in [4.78, 5) is 12.4. The Morgan fingerprint density at radius 3 is 2.27 bits per heavy atom. The van der Waals surface area contributed by atoms with Gasteiger partial charge in [-0.25, -0.2) is 9.18 Å². The number of benzene rings is 2. The molecule has 2 aromatic carbocycles. The van der Waals surface area contributed by atoms with Gasteiger partial charge in [0.25, 0.3) is 0 Å². The fourth-order valence-corrected chi connectivity index (χ4v) is 4.36. The number of hydrogen-bond acceptors (Lipinski definition) is 2. The standard InChI is InChI=1S/C26H32F2O2/c1-3-5-6-7-21-16-17-23(25(28)24(21)27)30-26(29)22-14-12-20(13-15-22)19-10-8-18(4-2)9-11-19/h12-19H,3-11H2,1-2H3/t18-,19-. The van der Waals surface area contributed by atoms with Crippen LogP contribution in [0.15, 0.2) is 36.4 Å². The van der Waals surface area contributed by atoms with Crippen LogP contribution in [0.4, 0.5) is 8.78 Å². The molecule has 0 N–H and O–H groups in total. The van der Waals surface area contributed by atoms with Crippen molar-refractivity contribution < 1.29 is 18.3 Å². The number of carbonyl (C=O) groups is 1. The van der Waals surface area contributed by atoms with Gasteiger partial charge in [0.2, 0.25) is 5.82 Å². The molecule has 4 heteroatoms. The Bertz CT molecular complexity index is 837. The van der Waals surface area contributed by atoms with Crippen molar-refractivity contribution in [3.63, 3.8) is 0 Å². The Morgan fingerprint density at radius 1 is 0.933 bits per heavy atom. The van der Waals surface area contributed by atoms with E-state index in [1.165, 1.54) is 49.8 Å². The minimum absolute atomic E-state index is 0.322. The first-order chi connectivity index (χ1) is 14.5. The van der Waals surface area contributed by atoms with Gasteiger partial charge < -0.3 is 4.74 Å². The number of aryl methyl sites for hydroxylation is 1. The molecule has 0 saturated heterocycles. The van der Waals surface area contributed by atoms with Crippen molar-refractivity contribution in [3.05, 3.63) is 64.7 Å². The molecular formula is C26H32F2O2. The lowest BCUT2D eigenvalue weighted by Crippen LogP contribution is -2.13. The van der Waals surface area contributed by atoms with E-state index >= 15 is 0 Å². The Hall–Kier alpha value is -2.23. The van der Waals surface area contributed by atoms with E-state index in [1.54, 1.807) is 12.1 Å². The summed E-state index contributed by atoms with van der Waals surface area (Å²) in [5.41, 5.74) is 1.89. The molecule has 1 fully saturated rings. The zero-order chi connectivity index (χ0) is 21.5. The SMILES string of the molecule is CCCCCc1ccc(OC(=O)c2ccc([C@H]3CC[C@H](CC)CC3)cc2)c(F)c1F. The molecule has 0 aliphatic heterocycles. The second-order valence-corrected chi connectivity index (χ2v) is 8.45. The van der Waals surface area contributed by atoms with Crippen LogP contribution in [0.25, 0.3) is 0 Å². The highest BCUT2D eigenvalue weighted by molar-refractivity contribution is 5.91. The molecule has 2 nitrogen and oxygen atoms in total. The van der Waals surface area contributed by atoms with Gasteiger partial charge in [-0.1, -0.05) is 51.3 Å². The molecule has 0 radical (unpaired) electrons. The Labute approximate surface area is 178 Å². The summed E-state index contributed by atoms with van der Waals surface area (Å²) < 4.78 is 33.8. The molecule has 0 aromatic heterocycles. The van der Waals surface area contributed by atoms with E-state index in [0.717, 1.165) is 25.2 Å². The first-order valence-corrected chi connectivity index (χ1v) is 11.3. The van der Waals surface area contributed by atoms with E-state index in [1.807, 2.05) is 12.1 Å². The van der Waals surface area contributed by atoms with Crippen molar-refractivity contribution in [2.24, 2.45) is 5.92 Å². The predicted molar refractivity (Wildman–Crippen MR) is 116 cm³/mol. The summed E-state index contributed by atoms with van der Waals surface area (Å²) in [5.74, 6) is -1.68. The number of esters is 1. The van der Waals surface area contributed by atoms with E-state index in [4.69, 9.17) is 4.74 Å². The second-order valence-electron chi connectivity index (χ2n) is 8.45. The molecule has 0 heterocycles. The Morgan fingerprint density at radius 2 is 1.63 bits per heavy atom. The topological polar surface area (TPSA) is 26.3 Å². The molecule has 0 unspecified atom stereocenters. The van der Waals surface area contributed by atoms with Crippen LogP contribution in [0.3, 0.4) is 0 Å². The molecule has 1 aliphatic rings. The maximum absolute atomic E-state index is 14.4. The predicted octanol–water partition coefficient (Wildman–Crippen LogP) is 7.60. The average Bonchev–Trinajstić information content (AvgIpc) is 2.78. The van der Waals surface area contributed by atoms with Gasteiger partial charge in [-0.2, -0.15) is 4.39 Å². The van der Waals surface area contributed by atoms with Crippen LogP contribution in [0.2, 0.25) is 0 Å². The summed E-state index contributed by atoms with van der Waals surface area (Å²) in [5, 5.41) is 0. The highest BCUT2D eigenvalue weighted by atomic mass is 19.2. The summed E-state index contributed by atoms with van der Waals surface area (Å²) >= 11 is 0. The molecule has 0 spiro atoms. The van der Waals surface area contributed by atoms with Gasteiger partial charge in [-0.05, 0) is 79.7 Å². The highest BCUT2D eigenvalue weighted by Gasteiger charge is 2.22. The number of carbonyl (C=O) groups excluding carboxylic acids is 1. The molecule has 3 rings (SSSR count). The van der Waals surface area contributed by atoms with Crippen molar-refractivity contribution in [1.29, 1.82) is 0 Å². The smallest absolute Gasteiger partial charge is 0.343 e. The minimum atomic E-state index is -1.10. The van der Waals surface area contributed by atoms with E-state index < -0.39 is 17.6 Å². The molecule has 0 bridgehead atoms. The van der Waals surface area contributed by atoms with Crippen molar-refractivity contribution in [2.45, 2.75) is 77.6 Å². The minimum Gasteiger partial charge on any atom is -0.420 e. The van der Waals surface area contributed by atoms with Gasteiger partial charge in [-0.15, -0.1) is 0 Å². The zero-order valence-electron chi connectivity index (χ0n) is 18.1. The van der Waals surface area contributed by atoms with Gasteiger partial charge in [0.1, 0.15) is 0 Å². The summed E-state index contributed by atoms with van der Waals surface area (Å²) in [6.45, 7) is 4.31. The molecule has 2 aromatic rings. The first kappa shape index (κ1) is 22.5. The third-order valence-corrected chi connectivity index (χ3v) is 6.42. The normalized spacial score (nSPS) is 18.9. The highest BCUT2D eigenvalue weighted by Crippen LogP contribution is 2.37. The van der Waals surface area contributed by atoms with Gasteiger partial charge >= 0.3 is 5.97 Å². The van der Waals surface area contributed by atoms with Gasteiger partial charge in [0.15, 0.2) is 11.6 Å². The lowest BCUT2D eigenvalue weighted by molar-refractivity contribution is 0.0726. The Kier molecular flexibility index (Phi) is 8.01. The fraction of sp³-hybridized carbons (Fsp3) is 0.500. The number of halogens is 2. The van der Waals surface area contributed by atoms with E-state index in [2.05, 4.69) is 13.8 Å². The van der Waals surface area contributed by atoms with Gasteiger partial charge in [0.05, 0.1) is 5.56 Å². The van der Waals surface area contributed by atoms with Crippen LogP contribution in [-0.4, -0.2) is 5.97 Å². The third-order valence-electron chi connectivity index (χ3n) is 6.42. The number of unbranched alkanes of at least 4 members (excludes halogenated alkanes) is 2. The van der Waals surface area contributed by atoms with Crippen molar-refractivity contribution in [2.75, 3.05) is 0 Å². The fourth-order valence-electron chi connectivity index (χ4n) is 4.36. The van der Waals surface area contributed by atoms with Gasteiger partial charge in [-0.3, -0.25) is 0 Å². The van der Waals surface area contributed by atoms with Crippen LogP contribution in [0.1, 0.15) is 92.6 Å². The molecule has 1 saturated carbocycles. The molecule has 30 heavy (non-hydrogen) atoms. The monoisotopic (exact) mass is 414 g/mol. The van der Waals surface area contributed by atoms with Crippen molar-refractivity contribution in [1.82, 2.24) is 0 Å². The quantitative estimate of drug-likeness (QED) is 0.252. The average molecular weight is 415 g/mol. The molecule has 1 aliphatic carbocycles. The van der Waals surface area contributed by atoms with Crippen molar-refractivity contribution in [3.8, 4) is 5.75 Å². The number of hydrogen-bond donors (Lipinski definition) is 0. The maximum Gasteiger partial charge on any atom is 0.343 e. The van der Waals surface area contributed by atoms with E-state index in [9.17, 15) is 13.6 Å². The zero-order valence-corrected chi connectivity index (χ0v) is 18.1. The van der Waals surface area contributed by atoms with Crippen LogP contribution in [0.5, 0.6) is 5.75 Å². The lowest BCUT2D eigenvalue weighted by atomic mass is 9.78. The molecule has 0 atom stereocenters. The third kappa shape index (κ3) is 5.47. The maximum atomic E-state index is 14.4. The number of ether oxygens (including phenoxy) is 1. The van der Waals surface area contributed by atoms with Crippen molar-refractivity contribution >= 4 is 5.97 Å². The summed E-state index contributed by atoms with van der Waals surface area (Å²) in [6, 6.07) is 10.2. The van der Waals surface area contributed by atoms with Gasteiger partial charge in [0, 0.05) is 0 Å². The van der Waals surface area contributed by atoms with E-state index in [0.29, 0.717) is 23.5 Å². The molecule has 0 amide bonds. The lowest BCUT2D eigenvalue weighted by Gasteiger charge is -2.28.